The number of furan rings is 1. The number of benzene rings is 1. The van der Waals surface area contributed by atoms with Crippen molar-refractivity contribution in [2.45, 2.75) is 6.54 Å². The molecule has 1 amide bonds. The van der Waals surface area contributed by atoms with E-state index in [1.807, 2.05) is 0 Å². The Morgan fingerprint density at radius 1 is 1.11 bits per heavy atom. The lowest BCUT2D eigenvalue weighted by Crippen LogP contribution is -2.22. The summed E-state index contributed by atoms with van der Waals surface area (Å²) in [6, 6.07) is 7.51. The van der Waals surface area contributed by atoms with Crippen LogP contribution in [0.25, 0.3) is 0 Å². The molecule has 2 rings (SSSR count). The summed E-state index contributed by atoms with van der Waals surface area (Å²) < 4.78 is 4.88. The molecule has 0 unspecified atom stereocenters. The van der Waals surface area contributed by atoms with Crippen LogP contribution in [0, 0.1) is 0 Å². The molecule has 5 heteroatoms. The first kappa shape index (κ1) is 11.9. The van der Waals surface area contributed by atoms with Crippen LogP contribution in [0.4, 0.5) is 0 Å². The van der Waals surface area contributed by atoms with Crippen LogP contribution in [-0.4, -0.2) is 17.0 Å². The van der Waals surface area contributed by atoms with Gasteiger partial charge in [-0.05, 0) is 30.3 Å². The molecule has 1 aromatic heterocycles. The number of carbonyl (C=O) groups is 2. The van der Waals surface area contributed by atoms with E-state index >= 15 is 0 Å². The molecule has 0 saturated carbocycles. The molecule has 92 valence electrons. The fourth-order valence-electron chi connectivity index (χ4n) is 1.44. The van der Waals surface area contributed by atoms with Gasteiger partial charge in [0.05, 0.1) is 18.1 Å². The fourth-order valence-corrected chi connectivity index (χ4v) is 1.44. The first-order valence-corrected chi connectivity index (χ1v) is 5.29. The summed E-state index contributed by atoms with van der Waals surface area (Å²) in [6.07, 6.45) is 3.08. The second-order valence-electron chi connectivity index (χ2n) is 3.70. The van der Waals surface area contributed by atoms with Crippen LogP contribution in [0.2, 0.25) is 0 Å². The third-order valence-electron chi connectivity index (χ3n) is 2.43. The van der Waals surface area contributed by atoms with E-state index in [9.17, 15) is 9.59 Å². The van der Waals surface area contributed by atoms with Gasteiger partial charge in [-0.25, -0.2) is 4.79 Å². The van der Waals surface area contributed by atoms with Crippen molar-refractivity contribution in [1.29, 1.82) is 0 Å². The molecule has 2 N–H and O–H groups in total. The highest BCUT2D eigenvalue weighted by Crippen LogP contribution is 2.05. The summed E-state index contributed by atoms with van der Waals surface area (Å²) in [5.74, 6) is -1.27. The van der Waals surface area contributed by atoms with Gasteiger partial charge in [0, 0.05) is 17.7 Å². The molecule has 0 bridgehead atoms. The highest BCUT2D eigenvalue weighted by Gasteiger charge is 2.07. The second kappa shape index (κ2) is 5.18. The Bertz CT molecular complexity index is 543. The van der Waals surface area contributed by atoms with Crippen molar-refractivity contribution < 1.29 is 19.1 Å². The van der Waals surface area contributed by atoms with Gasteiger partial charge in [-0.2, -0.15) is 0 Å². The maximum atomic E-state index is 11.7. The van der Waals surface area contributed by atoms with E-state index in [1.54, 1.807) is 12.3 Å². The Morgan fingerprint density at radius 3 is 2.33 bits per heavy atom. The molecule has 0 aliphatic carbocycles. The predicted molar refractivity (Wildman–Crippen MR) is 63.3 cm³/mol. The molecule has 5 nitrogen and oxygen atoms in total. The lowest BCUT2D eigenvalue weighted by atomic mass is 10.1. The van der Waals surface area contributed by atoms with E-state index < -0.39 is 5.97 Å². The molecule has 0 saturated heterocycles. The molecule has 1 heterocycles. The lowest BCUT2D eigenvalue weighted by Gasteiger charge is -2.03. The van der Waals surface area contributed by atoms with Gasteiger partial charge in [0.1, 0.15) is 0 Å². The highest BCUT2D eigenvalue weighted by molar-refractivity contribution is 5.95. The summed E-state index contributed by atoms with van der Waals surface area (Å²) in [4.78, 5) is 22.4. The van der Waals surface area contributed by atoms with Crippen molar-refractivity contribution >= 4 is 11.9 Å². The van der Waals surface area contributed by atoms with Crippen molar-refractivity contribution in [3.05, 3.63) is 59.5 Å². The van der Waals surface area contributed by atoms with Gasteiger partial charge >= 0.3 is 5.97 Å². The van der Waals surface area contributed by atoms with Crippen molar-refractivity contribution in [2.24, 2.45) is 0 Å². The molecular formula is C13H11NO4. The summed E-state index contributed by atoms with van der Waals surface area (Å²) in [7, 11) is 0. The fraction of sp³-hybridized carbons (Fsp3) is 0.0769. The van der Waals surface area contributed by atoms with E-state index in [1.165, 1.54) is 30.5 Å². The highest BCUT2D eigenvalue weighted by atomic mass is 16.4. The molecule has 0 aliphatic heterocycles. The standard InChI is InChI=1S/C13H11NO4/c15-12(14-7-9-5-6-18-8-9)10-1-3-11(4-2-10)13(16)17/h1-6,8H,7H2,(H,14,15)(H,16,17). The smallest absolute Gasteiger partial charge is 0.335 e. The summed E-state index contributed by atoms with van der Waals surface area (Å²) >= 11 is 0. The molecule has 0 spiro atoms. The van der Waals surface area contributed by atoms with Crippen LogP contribution in [0.3, 0.4) is 0 Å². The van der Waals surface area contributed by atoms with Gasteiger partial charge in [0.15, 0.2) is 0 Å². The number of carboxylic acid groups (broad SMARTS) is 1. The summed E-state index contributed by atoms with van der Waals surface area (Å²) in [6.45, 7) is 0.371. The molecule has 0 atom stereocenters. The quantitative estimate of drug-likeness (QED) is 0.862. The van der Waals surface area contributed by atoms with Crippen molar-refractivity contribution in [3.8, 4) is 0 Å². The Morgan fingerprint density at radius 2 is 1.78 bits per heavy atom. The van der Waals surface area contributed by atoms with Gasteiger partial charge < -0.3 is 14.8 Å². The number of hydrogen-bond acceptors (Lipinski definition) is 3. The number of carboxylic acids is 1. The zero-order chi connectivity index (χ0) is 13.0. The Kier molecular flexibility index (Phi) is 3.43. The second-order valence-corrected chi connectivity index (χ2v) is 3.70. The maximum absolute atomic E-state index is 11.7. The third kappa shape index (κ3) is 2.76. The van der Waals surface area contributed by atoms with Crippen LogP contribution in [0.1, 0.15) is 26.3 Å². The normalized spacial score (nSPS) is 10.0. The van der Waals surface area contributed by atoms with Crippen LogP contribution >= 0.6 is 0 Å². The predicted octanol–water partition coefficient (Wildman–Crippen LogP) is 1.91. The zero-order valence-electron chi connectivity index (χ0n) is 9.42. The van der Waals surface area contributed by atoms with Crippen LogP contribution in [-0.2, 0) is 6.54 Å². The lowest BCUT2D eigenvalue weighted by molar-refractivity contribution is 0.0696. The van der Waals surface area contributed by atoms with E-state index in [-0.39, 0.29) is 11.5 Å². The number of hydrogen-bond donors (Lipinski definition) is 2. The van der Waals surface area contributed by atoms with Gasteiger partial charge in [0.2, 0.25) is 0 Å². The largest absolute Gasteiger partial charge is 0.478 e. The third-order valence-corrected chi connectivity index (χ3v) is 2.43. The number of carbonyl (C=O) groups excluding carboxylic acids is 1. The molecule has 0 aliphatic rings. The molecule has 1 aromatic carbocycles. The van der Waals surface area contributed by atoms with Crippen LogP contribution in [0.5, 0.6) is 0 Å². The Labute approximate surface area is 103 Å². The molecule has 18 heavy (non-hydrogen) atoms. The van der Waals surface area contributed by atoms with E-state index in [2.05, 4.69) is 5.32 Å². The molecular weight excluding hydrogens is 234 g/mol. The number of amides is 1. The van der Waals surface area contributed by atoms with Gasteiger partial charge in [-0.1, -0.05) is 0 Å². The van der Waals surface area contributed by atoms with Crippen LogP contribution < -0.4 is 5.32 Å². The maximum Gasteiger partial charge on any atom is 0.335 e. The van der Waals surface area contributed by atoms with E-state index in [0.29, 0.717) is 12.1 Å². The number of aromatic carboxylic acids is 1. The van der Waals surface area contributed by atoms with Crippen molar-refractivity contribution in [1.82, 2.24) is 5.32 Å². The molecule has 0 radical (unpaired) electrons. The average molecular weight is 245 g/mol. The Hall–Kier alpha value is -2.56. The minimum Gasteiger partial charge on any atom is -0.478 e. The van der Waals surface area contributed by atoms with Crippen molar-refractivity contribution in [3.63, 3.8) is 0 Å². The van der Waals surface area contributed by atoms with Gasteiger partial charge in [-0.3, -0.25) is 4.79 Å². The van der Waals surface area contributed by atoms with Crippen molar-refractivity contribution in [2.75, 3.05) is 0 Å². The average Bonchev–Trinajstić information content (AvgIpc) is 2.89. The summed E-state index contributed by atoms with van der Waals surface area (Å²) in [5, 5.41) is 11.4. The SMILES string of the molecule is O=C(O)c1ccc(C(=O)NCc2ccoc2)cc1. The minimum absolute atomic E-state index is 0.154. The minimum atomic E-state index is -1.01. The first-order chi connectivity index (χ1) is 8.66. The molecule has 0 fully saturated rings. The number of rotatable bonds is 4. The van der Waals surface area contributed by atoms with Crippen LogP contribution in [0.15, 0.2) is 47.3 Å². The summed E-state index contributed by atoms with van der Waals surface area (Å²) in [5.41, 5.74) is 1.44. The van der Waals surface area contributed by atoms with Gasteiger partial charge in [-0.15, -0.1) is 0 Å². The van der Waals surface area contributed by atoms with Gasteiger partial charge in [0.25, 0.3) is 5.91 Å². The molecule has 2 aromatic rings. The Balaban J connectivity index is 1.98. The zero-order valence-corrected chi connectivity index (χ0v) is 9.42. The topological polar surface area (TPSA) is 79.5 Å². The number of nitrogens with one attached hydrogen (secondary N) is 1. The monoisotopic (exact) mass is 245 g/mol. The van der Waals surface area contributed by atoms with E-state index in [0.717, 1.165) is 5.56 Å². The van der Waals surface area contributed by atoms with E-state index in [4.69, 9.17) is 9.52 Å². The first-order valence-electron chi connectivity index (χ1n) is 5.29.